The van der Waals surface area contributed by atoms with Crippen LogP contribution >= 0.6 is 11.3 Å². The van der Waals surface area contributed by atoms with Gasteiger partial charge in [0.1, 0.15) is 4.83 Å². The standard InChI is InChI=1S/C20H22N2OS/c23-19(21-16-9-4-2-1-3-5-10-16)18-13-15-12-14-8-6-7-11-17(14)22-20(15)24-18/h6-8,11-13,16H,1-5,9-10H2,(H,21,23). The van der Waals surface area contributed by atoms with Crippen LogP contribution in [0.5, 0.6) is 0 Å². The number of para-hydroxylation sites is 1. The number of hydrogen-bond acceptors (Lipinski definition) is 3. The van der Waals surface area contributed by atoms with E-state index in [1.54, 1.807) is 0 Å². The lowest BCUT2D eigenvalue weighted by Crippen LogP contribution is -2.34. The molecule has 1 fully saturated rings. The number of carbonyl (C=O) groups excluding carboxylic acids is 1. The van der Waals surface area contributed by atoms with Crippen molar-refractivity contribution in [1.82, 2.24) is 10.3 Å². The van der Waals surface area contributed by atoms with Gasteiger partial charge >= 0.3 is 0 Å². The van der Waals surface area contributed by atoms with E-state index in [1.807, 2.05) is 24.3 Å². The molecule has 1 aromatic carbocycles. The molecule has 0 saturated heterocycles. The van der Waals surface area contributed by atoms with Crippen molar-refractivity contribution in [3.05, 3.63) is 41.3 Å². The van der Waals surface area contributed by atoms with Crippen LogP contribution in [0.25, 0.3) is 21.1 Å². The van der Waals surface area contributed by atoms with Crippen molar-refractivity contribution in [2.75, 3.05) is 0 Å². The van der Waals surface area contributed by atoms with E-state index in [9.17, 15) is 4.79 Å². The number of aromatic nitrogens is 1. The number of benzene rings is 1. The predicted octanol–water partition coefficient (Wildman–Crippen LogP) is 5.29. The number of thiophene rings is 1. The summed E-state index contributed by atoms with van der Waals surface area (Å²) in [7, 11) is 0. The van der Waals surface area contributed by atoms with Crippen molar-refractivity contribution in [2.45, 2.75) is 51.0 Å². The van der Waals surface area contributed by atoms with Gasteiger partial charge in [-0.15, -0.1) is 11.3 Å². The number of pyridine rings is 1. The zero-order chi connectivity index (χ0) is 16.4. The first-order valence-corrected chi connectivity index (χ1v) is 9.71. The number of fused-ring (bicyclic) bond motifs is 2. The molecule has 4 rings (SSSR count). The molecule has 1 N–H and O–H groups in total. The molecule has 0 spiro atoms. The molecule has 1 amide bonds. The summed E-state index contributed by atoms with van der Waals surface area (Å²) >= 11 is 1.49. The number of nitrogens with zero attached hydrogens (tertiary/aromatic N) is 1. The molecule has 1 aliphatic rings. The summed E-state index contributed by atoms with van der Waals surface area (Å²) in [5.41, 5.74) is 0.985. The molecule has 124 valence electrons. The zero-order valence-electron chi connectivity index (χ0n) is 13.8. The van der Waals surface area contributed by atoms with Crippen molar-refractivity contribution in [2.24, 2.45) is 0 Å². The second kappa shape index (κ2) is 6.89. The lowest BCUT2D eigenvalue weighted by Gasteiger charge is -2.20. The van der Waals surface area contributed by atoms with E-state index < -0.39 is 0 Å². The molecule has 0 atom stereocenters. The van der Waals surface area contributed by atoms with Crippen molar-refractivity contribution in [3.8, 4) is 0 Å². The number of amides is 1. The Morgan fingerprint density at radius 2 is 1.75 bits per heavy atom. The fraction of sp³-hybridized carbons (Fsp3) is 0.400. The highest BCUT2D eigenvalue weighted by Crippen LogP contribution is 2.27. The fourth-order valence-electron chi connectivity index (χ4n) is 3.54. The van der Waals surface area contributed by atoms with Gasteiger partial charge in [0.2, 0.25) is 0 Å². The molecule has 3 nitrogen and oxygen atoms in total. The van der Waals surface area contributed by atoms with Gasteiger partial charge in [0.15, 0.2) is 0 Å². The molecule has 2 aromatic heterocycles. The average molecular weight is 338 g/mol. The third-order valence-electron chi connectivity index (χ3n) is 4.87. The molecule has 24 heavy (non-hydrogen) atoms. The molecule has 2 heterocycles. The van der Waals surface area contributed by atoms with Crippen molar-refractivity contribution < 1.29 is 4.79 Å². The monoisotopic (exact) mass is 338 g/mol. The van der Waals surface area contributed by atoms with E-state index in [0.29, 0.717) is 6.04 Å². The smallest absolute Gasteiger partial charge is 0.261 e. The van der Waals surface area contributed by atoms with E-state index in [4.69, 9.17) is 4.98 Å². The minimum absolute atomic E-state index is 0.0626. The highest BCUT2D eigenvalue weighted by atomic mass is 32.1. The Hall–Kier alpha value is -1.94. The summed E-state index contributed by atoms with van der Waals surface area (Å²) in [5, 5.41) is 5.43. The first kappa shape index (κ1) is 15.6. The predicted molar refractivity (Wildman–Crippen MR) is 101 cm³/mol. The van der Waals surface area contributed by atoms with E-state index in [0.717, 1.165) is 38.8 Å². The van der Waals surface area contributed by atoms with Crippen LogP contribution in [0.4, 0.5) is 0 Å². The first-order chi connectivity index (χ1) is 11.8. The maximum Gasteiger partial charge on any atom is 0.261 e. The maximum absolute atomic E-state index is 12.6. The van der Waals surface area contributed by atoms with Crippen molar-refractivity contribution >= 4 is 38.4 Å². The molecule has 0 unspecified atom stereocenters. The van der Waals surface area contributed by atoms with Crippen LogP contribution in [0, 0.1) is 0 Å². The van der Waals surface area contributed by atoms with Gasteiger partial charge in [-0.1, -0.05) is 50.3 Å². The van der Waals surface area contributed by atoms with Crippen LogP contribution in [-0.4, -0.2) is 16.9 Å². The summed E-state index contributed by atoms with van der Waals surface area (Å²) < 4.78 is 0. The summed E-state index contributed by atoms with van der Waals surface area (Å²) in [6, 6.07) is 12.5. The molecule has 0 aliphatic heterocycles. The SMILES string of the molecule is O=C(NC1CCCCCCC1)c1cc2cc3ccccc3nc2s1. The van der Waals surface area contributed by atoms with Crippen molar-refractivity contribution in [3.63, 3.8) is 0 Å². The number of hydrogen-bond donors (Lipinski definition) is 1. The summed E-state index contributed by atoms with van der Waals surface area (Å²) in [6.45, 7) is 0. The first-order valence-electron chi connectivity index (χ1n) is 8.90. The van der Waals surface area contributed by atoms with Crippen LogP contribution in [0.1, 0.15) is 54.6 Å². The summed E-state index contributed by atoms with van der Waals surface area (Å²) in [6.07, 6.45) is 8.61. The molecule has 1 saturated carbocycles. The van der Waals surface area contributed by atoms with Crippen molar-refractivity contribution in [1.29, 1.82) is 0 Å². The minimum atomic E-state index is 0.0626. The van der Waals surface area contributed by atoms with Gasteiger partial charge in [-0.2, -0.15) is 0 Å². The minimum Gasteiger partial charge on any atom is -0.349 e. The normalized spacial score (nSPS) is 16.8. The summed E-state index contributed by atoms with van der Waals surface area (Å²) in [4.78, 5) is 19.1. The second-order valence-corrected chi connectivity index (χ2v) is 7.73. The van der Waals surface area contributed by atoms with E-state index >= 15 is 0 Å². The van der Waals surface area contributed by atoms with Gasteiger partial charge in [-0.25, -0.2) is 4.98 Å². The molecule has 0 bridgehead atoms. The molecule has 1 aliphatic carbocycles. The number of rotatable bonds is 2. The average Bonchev–Trinajstić information content (AvgIpc) is 2.98. The Morgan fingerprint density at radius 3 is 2.58 bits per heavy atom. The third kappa shape index (κ3) is 3.29. The highest BCUT2D eigenvalue weighted by Gasteiger charge is 2.17. The summed E-state index contributed by atoms with van der Waals surface area (Å²) in [5.74, 6) is 0.0626. The second-order valence-electron chi connectivity index (χ2n) is 6.70. The number of carbonyl (C=O) groups is 1. The molecule has 4 heteroatoms. The molecular weight excluding hydrogens is 316 g/mol. The van der Waals surface area contributed by atoms with Gasteiger partial charge in [0, 0.05) is 16.8 Å². The molecule has 3 aromatic rings. The van der Waals surface area contributed by atoms with Gasteiger partial charge < -0.3 is 5.32 Å². The Morgan fingerprint density at radius 1 is 1.00 bits per heavy atom. The lowest BCUT2D eigenvalue weighted by atomic mass is 9.97. The Balaban J connectivity index is 1.56. The highest BCUT2D eigenvalue weighted by molar-refractivity contribution is 7.20. The van der Waals surface area contributed by atoms with Gasteiger partial charge in [0.25, 0.3) is 5.91 Å². The Labute approximate surface area is 146 Å². The quantitative estimate of drug-likeness (QED) is 0.689. The Bertz CT molecular complexity index is 810. The van der Waals surface area contributed by atoms with Crippen LogP contribution < -0.4 is 5.32 Å². The number of nitrogens with one attached hydrogen (secondary N) is 1. The van der Waals surface area contributed by atoms with Crippen LogP contribution in [0.3, 0.4) is 0 Å². The zero-order valence-corrected chi connectivity index (χ0v) is 14.6. The van der Waals surface area contributed by atoms with Crippen LogP contribution in [0.2, 0.25) is 0 Å². The largest absolute Gasteiger partial charge is 0.349 e. The van der Waals surface area contributed by atoms with E-state index in [1.165, 1.54) is 43.4 Å². The van der Waals surface area contributed by atoms with E-state index in [-0.39, 0.29) is 5.91 Å². The fourth-order valence-corrected chi connectivity index (χ4v) is 4.47. The maximum atomic E-state index is 12.6. The van der Waals surface area contributed by atoms with Gasteiger partial charge in [0.05, 0.1) is 10.4 Å². The topological polar surface area (TPSA) is 42.0 Å². The third-order valence-corrected chi connectivity index (χ3v) is 5.92. The van der Waals surface area contributed by atoms with E-state index in [2.05, 4.69) is 17.4 Å². The van der Waals surface area contributed by atoms with Crippen LogP contribution in [0.15, 0.2) is 36.4 Å². The molecule has 0 radical (unpaired) electrons. The van der Waals surface area contributed by atoms with Crippen LogP contribution in [-0.2, 0) is 0 Å². The Kier molecular flexibility index (Phi) is 4.48. The lowest BCUT2D eigenvalue weighted by molar-refractivity contribution is 0.0934. The van der Waals surface area contributed by atoms with Gasteiger partial charge in [-0.05, 0) is 31.0 Å². The van der Waals surface area contributed by atoms with Gasteiger partial charge in [-0.3, -0.25) is 4.79 Å². The molecular formula is C20H22N2OS.